The molecule has 0 radical (unpaired) electrons. The van der Waals surface area contributed by atoms with Gasteiger partial charge in [-0.2, -0.15) is 0 Å². The summed E-state index contributed by atoms with van der Waals surface area (Å²) in [5.74, 6) is 1.27. The molecule has 9 heteroatoms. The van der Waals surface area contributed by atoms with E-state index in [2.05, 4.69) is 4.90 Å². The number of piperazine rings is 1. The van der Waals surface area contributed by atoms with Crippen molar-refractivity contribution in [2.24, 2.45) is 0 Å². The van der Waals surface area contributed by atoms with E-state index in [-0.39, 0.29) is 22.5 Å². The van der Waals surface area contributed by atoms with Gasteiger partial charge in [-0.05, 0) is 23.8 Å². The number of nitrogens with zero attached hydrogens (tertiary/aromatic N) is 2. The third-order valence-corrected chi connectivity index (χ3v) is 6.65. The Morgan fingerprint density at radius 1 is 0.947 bits per heavy atom. The minimum absolute atomic E-state index is 0.0167. The van der Waals surface area contributed by atoms with Crippen LogP contribution in [0.3, 0.4) is 0 Å². The van der Waals surface area contributed by atoms with Gasteiger partial charge < -0.3 is 28.6 Å². The van der Waals surface area contributed by atoms with Gasteiger partial charge in [0, 0.05) is 50.4 Å². The molecule has 0 aliphatic carbocycles. The number of fused-ring (bicyclic) bond motifs is 1. The van der Waals surface area contributed by atoms with Gasteiger partial charge >= 0.3 is 6.09 Å². The molecule has 3 aromatic carbocycles. The zero-order chi connectivity index (χ0) is 26.6. The van der Waals surface area contributed by atoms with Crippen molar-refractivity contribution in [1.29, 1.82) is 0 Å². The minimum Gasteiger partial charge on any atom is -0.507 e. The van der Waals surface area contributed by atoms with Crippen LogP contribution >= 0.6 is 0 Å². The van der Waals surface area contributed by atoms with Crippen molar-refractivity contribution >= 4 is 17.1 Å². The number of para-hydroxylation sites is 1. The van der Waals surface area contributed by atoms with Crippen molar-refractivity contribution in [3.8, 4) is 34.1 Å². The predicted octanol–water partition coefficient (Wildman–Crippen LogP) is 4.50. The lowest BCUT2D eigenvalue weighted by Crippen LogP contribution is -2.49. The number of methoxy groups -OCH3 is 2. The van der Waals surface area contributed by atoms with Crippen LogP contribution in [0.1, 0.15) is 5.56 Å². The Labute approximate surface area is 219 Å². The number of phenolic OH excluding ortho intramolecular Hbond substituents is 1. The van der Waals surface area contributed by atoms with Gasteiger partial charge in [0.2, 0.25) is 5.43 Å². The van der Waals surface area contributed by atoms with Gasteiger partial charge in [0.05, 0.1) is 19.8 Å². The lowest BCUT2D eigenvalue weighted by Gasteiger charge is -2.34. The van der Waals surface area contributed by atoms with Gasteiger partial charge in [-0.15, -0.1) is 0 Å². The van der Waals surface area contributed by atoms with Gasteiger partial charge in [0.1, 0.15) is 40.2 Å². The quantitative estimate of drug-likeness (QED) is 0.400. The van der Waals surface area contributed by atoms with E-state index in [0.29, 0.717) is 43.1 Å². The summed E-state index contributed by atoms with van der Waals surface area (Å²) in [6.45, 7) is 3.07. The van der Waals surface area contributed by atoms with Gasteiger partial charge in [0.25, 0.3) is 0 Å². The number of amides is 1. The summed E-state index contributed by atoms with van der Waals surface area (Å²) >= 11 is 0. The number of carbonyl (C=O) groups excluding carboxylic acids is 1. The summed E-state index contributed by atoms with van der Waals surface area (Å²) in [7, 11) is 3.22. The van der Waals surface area contributed by atoms with Crippen LogP contribution in [-0.2, 0) is 6.54 Å². The smallest absolute Gasteiger partial charge is 0.415 e. The molecule has 1 N–H and O–H groups in total. The summed E-state index contributed by atoms with van der Waals surface area (Å²) in [4.78, 5) is 29.8. The highest BCUT2D eigenvalue weighted by molar-refractivity contribution is 5.88. The summed E-state index contributed by atoms with van der Waals surface area (Å²) in [5.41, 5.74) is 1.75. The third kappa shape index (κ3) is 5.14. The Morgan fingerprint density at radius 3 is 2.39 bits per heavy atom. The van der Waals surface area contributed by atoms with Crippen molar-refractivity contribution in [3.05, 3.63) is 82.7 Å². The van der Waals surface area contributed by atoms with Crippen LogP contribution in [0.5, 0.6) is 23.0 Å². The largest absolute Gasteiger partial charge is 0.507 e. The Hall–Kier alpha value is -4.50. The lowest BCUT2D eigenvalue weighted by molar-refractivity contribution is 0.107. The van der Waals surface area contributed by atoms with Crippen molar-refractivity contribution in [1.82, 2.24) is 9.80 Å². The molecular formula is C29H28N2O7. The first-order valence-corrected chi connectivity index (χ1v) is 12.2. The van der Waals surface area contributed by atoms with Crippen LogP contribution in [0.15, 0.2) is 76.1 Å². The molecule has 1 aliphatic heterocycles. The predicted molar refractivity (Wildman–Crippen MR) is 142 cm³/mol. The molecule has 4 aromatic rings. The molecule has 1 fully saturated rings. The zero-order valence-corrected chi connectivity index (χ0v) is 21.2. The lowest BCUT2D eigenvalue weighted by atomic mass is 10.0. The molecule has 196 valence electrons. The molecule has 1 aromatic heterocycles. The van der Waals surface area contributed by atoms with Gasteiger partial charge in [-0.1, -0.05) is 30.3 Å². The zero-order valence-electron chi connectivity index (χ0n) is 21.2. The van der Waals surface area contributed by atoms with Crippen LogP contribution in [-0.4, -0.2) is 61.4 Å². The Kier molecular flexibility index (Phi) is 7.19. The number of hydrogen-bond acceptors (Lipinski definition) is 8. The maximum absolute atomic E-state index is 13.1. The molecule has 0 saturated carbocycles. The van der Waals surface area contributed by atoms with E-state index in [4.69, 9.17) is 18.6 Å². The van der Waals surface area contributed by atoms with E-state index in [1.807, 2.05) is 24.3 Å². The molecule has 1 amide bonds. The van der Waals surface area contributed by atoms with Crippen LogP contribution in [0.25, 0.3) is 22.1 Å². The topological polar surface area (TPSA) is 102 Å². The average Bonchev–Trinajstić information content (AvgIpc) is 2.94. The highest BCUT2D eigenvalue weighted by atomic mass is 16.6. The van der Waals surface area contributed by atoms with E-state index in [9.17, 15) is 14.7 Å². The van der Waals surface area contributed by atoms with Gasteiger partial charge in [0.15, 0.2) is 0 Å². The molecule has 0 bridgehead atoms. The van der Waals surface area contributed by atoms with E-state index >= 15 is 0 Å². The molecule has 38 heavy (non-hydrogen) atoms. The fourth-order valence-corrected chi connectivity index (χ4v) is 4.57. The van der Waals surface area contributed by atoms with Crippen LogP contribution in [0.4, 0.5) is 4.79 Å². The van der Waals surface area contributed by atoms with Crippen LogP contribution in [0, 0.1) is 0 Å². The Balaban J connectivity index is 1.26. The molecular weight excluding hydrogens is 488 g/mol. The standard InChI is InChI=1S/C29H28N2O7/c1-35-21-9-7-19(8-10-21)23-18-37-26-16-22(15-24(32)27(26)28(23)33)38-29(34)31-13-11-30(12-14-31)17-20-5-3-4-6-25(20)36-2/h3-10,15-16,18,32H,11-14,17H2,1-2H3. The maximum atomic E-state index is 13.1. The van der Waals surface area contributed by atoms with Gasteiger partial charge in [-0.3, -0.25) is 9.69 Å². The second-order valence-corrected chi connectivity index (χ2v) is 8.97. The number of carbonyl (C=O) groups is 1. The Morgan fingerprint density at radius 2 is 1.68 bits per heavy atom. The SMILES string of the molecule is COc1ccc(-c2coc3cc(OC(=O)N4CCN(Cc5ccccc5OC)CC4)cc(O)c3c2=O)cc1. The monoisotopic (exact) mass is 516 g/mol. The normalized spacial score (nSPS) is 13.9. The molecule has 1 saturated heterocycles. The van der Waals surface area contributed by atoms with Crippen molar-refractivity contribution in [2.45, 2.75) is 6.54 Å². The number of ether oxygens (including phenoxy) is 3. The molecule has 0 atom stereocenters. The fraction of sp³-hybridized carbons (Fsp3) is 0.241. The van der Waals surface area contributed by atoms with Crippen LogP contribution < -0.4 is 19.6 Å². The first-order chi connectivity index (χ1) is 18.5. The summed E-state index contributed by atoms with van der Waals surface area (Å²) in [6.07, 6.45) is 0.802. The molecule has 1 aliphatic rings. The summed E-state index contributed by atoms with van der Waals surface area (Å²) < 4.78 is 21.8. The number of rotatable bonds is 6. The summed E-state index contributed by atoms with van der Waals surface area (Å²) in [5, 5.41) is 10.6. The van der Waals surface area contributed by atoms with Crippen molar-refractivity contribution in [3.63, 3.8) is 0 Å². The first-order valence-electron chi connectivity index (χ1n) is 12.2. The highest BCUT2D eigenvalue weighted by Gasteiger charge is 2.24. The average molecular weight is 517 g/mol. The van der Waals surface area contributed by atoms with Crippen molar-refractivity contribution < 1.29 is 28.5 Å². The minimum atomic E-state index is -0.530. The van der Waals surface area contributed by atoms with E-state index in [1.165, 1.54) is 18.4 Å². The van der Waals surface area contributed by atoms with Gasteiger partial charge in [-0.25, -0.2) is 4.79 Å². The fourth-order valence-electron chi connectivity index (χ4n) is 4.57. The van der Waals surface area contributed by atoms with E-state index in [1.54, 1.807) is 43.4 Å². The highest BCUT2D eigenvalue weighted by Crippen LogP contribution is 2.31. The Bertz CT molecular complexity index is 1510. The number of aromatic hydroxyl groups is 1. The third-order valence-electron chi connectivity index (χ3n) is 6.65. The van der Waals surface area contributed by atoms with E-state index in [0.717, 1.165) is 17.9 Å². The molecule has 5 rings (SSSR count). The summed E-state index contributed by atoms with van der Waals surface area (Å²) in [6, 6.07) is 17.5. The second-order valence-electron chi connectivity index (χ2n) is 8.97. The number of hydrogen-bond donors (Lipinski definition) is 1. The molecule has 0 spiro atoms. The first kappa shape index (κ1) is 25.2. The molecule has 9 nitrogen and oxygen atoms in total. The molecule has 2 heterocycles. The molecule has 0 unspecified atom stereocenters. The van der Waals surface area contributed by atoms with Crippen molar-refractivity contribution in [2.75, 3.05) is 40.4 Å². The number of benzene rings is 3. The second kappa shape index (κ2) is 10.9. The maximum Gasteiger partial charge on any atom is 0.415 e. The number of phenols is 1. The van der Waals surface area contributed by atoms with Crippen LogP contribution in [0.2, 0.25) is 0 Å². The van der Waals surface area contributed by atoms with E-state index < -0.39 is 11.5 Å².